The van der Waals surface area contributed by atoms with Gasteiger partial charge >= 0.3 is 35.8 Å². The van der Waals surface area contributed by atoms with Gasteiger partial charge in [-0.15, -0.1) is 0 Å². The van der Waals surface area contributed by atoms with Crippen LogP contribution in [0.3, 0.4) is 0 Å². The maximum absolute atomic E-state index is 12.7. The molecule has 204 valence electrons. The van der Waals surface area contributed by atoms with Gasteiger partial charge in [0.2, 0.25) is 0 Å². The minimum absolute atomic E-state index is 0.212. The van der Waals surface area contributed by atoms with Crippen molar-refractivity contribution in [1.29, 1.82) is 0 Å². The molecule has 0 saturated heterocycles. The van der Waals surface area contributed by atoms with E-state index in [1.807, 2.05) is 0 Å². The van der Waals surface area contributed by atoms with Gasteiger partial charge in [0, 0.05) is 0 Å². The number of carbonyl (C=O) groups is 6. The number of carboxylic acids is 2. The highest BCUT2D eigenvalue weighted by atomic mass is 16.6. The van der Waals surface area contributed by atoms with E-state index >= 15 is 0 Å². The largest absolute Gasteiger partial charge is 0.481 e. The molecule has 1 aliphatic rings. The van der Waals surface area contributed by atoms with E-state index < -0.39 is 59.9 Å². The van der Waals surface area contributed by atoms with Crippen LogP contribution in [-0.2, 0) is 47.7 Å². The summed E-state index contributed by atoms with van der Waals surface area (Å²) in [6.45, 7) is 3.03. The van der Waals surface area contributed by atoms with E-state index in [1.54, 1.807) is 13.8 Å². The lowest BCUT2D eigenvalue weighted by Crippen LogP contribution is -2.37. The first kappa shape index (κ1) is 30.9. The number of carbonyl (C=O) groups excluding carboxylic acids is 4. The summed E-state index contributed by atoms with van der Waals surface area (Å²) in [5.74, 6) is -6.32. The zero-order valence-corrected chi connectivity index (χ0v) is 20.8. The average Bonchev–Trinajstić information content (AvgIpc) is 2.85. The molecular weight excluding hydrogens is 480 g/mol. The van der Waals surface area contributed by atoms with E-state index in [2.05, 4.69) is 0 Å². The van der Waals surface area contributed by atoms with E-state index in [4.69, 9.17) is 29.2 Å². The first-order valence-electron chi connectivity index (χ1n) is 12.2. The van der Waals surface area contributed by atoms with Crippen molar-refractivity contribution in [3.8, 4) is 0 Å². The Balaban J connectivity index is 2.58. The van der Waals surface area contributed by atoms with Crippen LogP contribution < -0.4 is 0 Å². The van der Waals surface area contributed by atoms with Crippen molar-refractivity contribution >= 4 is 35.8 Å². The molecule has 0 aliphatic heterocycles. The minimum Gasteiger partial charge on any atom is -0.481 e. The van der Waals surface area contributed by atoms with E-state index in [9.17, 15) is 28.8 Å². The Labute approximate surface area is 209 Å². The summed E-state index contributed by atoms with van der Waals surface area (Å²) in [5, 5.41) is 17.3. The molecule has 36 heavy (non-hydrogen) atoms. The molecule has 0 amide bonds. The second-order valence-electron chi connectivity index (χ2n) is 8.59. The van der Waals surface area contributed by atoms with Gasteiger partial charge in [0.1, 0.15) is 25.4 Å². The van der Waals surface area contributed by atoms with Gasteiger partial charge in [0.05, 0.1) is 37.5 Å². The third kappa shape index (κ3) is 12.0. The molecule has 0 spiro atoms. The van der Waals surface area contributed by atoms with Crippen molar-refractivity contribution in [2.45, 2.75) is 90.3 Å². The molecule has 12 nitrogen and oxygen atoms in total. The van der Waals surface area contributed by atoms with Crippen LogP contribution >= 0.6 is 0 Å². The van der Waals surface area contributed by atoms with Gasteiger partial charge in [-0.1, -0.05) is 26.7 Å². The second-order valence-corrected chi connectivity index (χ2v) is 8.59. The fraction of sp³-hybridized carbons (Fsp3) is 0.750. The van der Waals surface area contributed by atoms with E-state index in [0.29, 0.717) is 25.7 Å². The van der Waals surface area contributed by atoms with Gasteiger partial charge in [-0.3, -0.25) is 28.8 Å². The predicted molar refractivity (Wildman–Crippen MR) is 121 cm³/mol. The van der Waals surface area contributed by atoms with Crippen molar-refractivity contribution in [2.75, 3.05) is 13.2 Å². The van der Waals surface area contributed by atoms with Crippen molar-refractivity contribution in [3.63, 3.8) is 0 Å². The lowest BCUT2D eigenvalue weighted by atomic mass is 9.79. The van der Waals surface area contributed by atoms with Crippen molar-refractivity contribution in [1.82, 2.24) is 0 Å². The fourth-order valence-electron chi connectivity index (χ4n) is 3.64. The Morgan fingerprint density at radius 3 is 1.33 bits per heavy atom. The molecule has 0 aromatic heterocycles. The van der Waals surface area contributed by atoms with Gasteiger partial charge in [-0.25, -0.2) is 0 Å². The average molecular weight is 517 g/mol. The third-order valence-electron chi connectivity index (χ3n) is 5.79. The number of esters is 4. The topological polar surface area (TPSA) is 180 Å². The van der Waals surface area contributed by atoms with Crippen LogP contribution in [0.25, 0.3) is 0 Å². The predicted octanol–water partition coefficient (Wildman–Crippen LogP) is 2.25. The second kappa shape index (κ2) is 16.5. The van der Waals surface area contributed by atoms with Crippen molar-refractivity contribution < 1.29 is 57.9 Å². The Kier molecular flexibility index (Phi) is 14.1. The minimum atomic E-state index is -1.12. The Morgan fingerprint density at radius 2 is 1.03 bits per heavy atom. The Morgan fingerprint density at radius 1 is 0.667 bits per heavy atom. The number of hydrogen-bond acceptors (Lipinski definition) is 10. The maximum Gasteiger partial charge on any atom is 0.309 e. The monoisotopic (exact) mass is 516 g/mol. The van der Waals surface area contributed by atoms with Crippen LogP contribution in [0.4, 0.5) is 0 Å². The number of ether oxygens (including phenoxy) is 4. The molecule has 0 bridgehead atoms. The van der Waals surface area contributed by atoms with Gasteiger partial charge < -0.3 is 29.2 Å². The van der Waals surface area contributed by atoms with Crippen molar-refractivity contribution in [2.24, 2.45) is 11.8 Å². The zero-order chi connectivity index (χ0) is 27.1. The van der Waals surface area contributed by atoms with Crippen LogP contribution in [0.15, 0.2) is 0 Å². The van der Waals surface area contributed by atoms with E-state index in [1.165, 1.54) is 0 Å². The lowest BCUT2D eigenvalue weighted by molar-refractivity contribution is -0.171. The van der Waals surface area contributed by atoms with Crippen LogP contribution in [0.2, 0.25) is 0 Å². The smallest absolute Gasteiger partial charge is 0.309 e. The molecular formula is C24H36O12. The van der Waals surface area contributed by atoms with E-state index in [-0.39, 0.29) is 38.9 Å². The zero-order valence-electron chi connectivity index (χ0n) is 20.8. The third-order valence-corrected chi connectivity index (χ3v) is 5.79. The molecule has 1 aliphatic carbocycles. The SMILES string of the molecule is CCC(COC(=O)C1CCCCC1C(=O)OCC(CC)OC(=O)CCC(=O)O)OC(=O)CCC(=O)O. The summed E-state index contributed by atoms with van der Waals surface area (Å²) in [6, 6.07) is 0. The van der Waals surface area contributed by atoms with Crippen LogP contribution in [0.5, 0.6) is 0 Å². The van der Waals surface area contributed by atoms with Crippen LogP contribution in [0.1, 0.15) is 78.1 Å². The molecule has 1 fully saturated rings. The maximum atomic E-state index is 12.7. The molecule has 1 saturated carbocycles. The van der Waals surface area contributed by atoms with Crippen molar-refractivity contribution in [3.05, 3.63) is 0 Å². The lowest BCUT2D eigenvalue weighted by Gasteiger charge is -2.29. The highest BCUT2D eigenvalue weighted by Crippen LogP contribution is 2.32. The Bertz CT molecular complexity index is 713. The summed E-state index contributed by atoms with van der Waals surface area (Å²) in [7, 11) is 0. The molecule has 0 radical (unpaired) electrons. The first-order valence-corrected chi connectivity index (χ1v) is 12.2. The fourth-order valence-corrected chi connectivity index (χ4v) is 3.64. The molecule has 12 heteroatoms. The molecule has 0 heterocycles. The molecule has 0 aromatic rings. The number of carboxylic acid groups (broad SMARTS) is 2. The molecule has 4 atom stereocenters. The molecule has 2 N–H and O–H groups in total. The van der Waals surface area contributed by atoms with Crippen LogP contribution in [0, 0.1) is 11.8 Å². The van der Waals surface area contributed by atoms with Gasteiger partial charge in [0.25, 0.3) is 0 Å². The number of aliphatic carboxylic acids is 2. The number of rotatable bonds is 16. The summed E-state index contributed by atoms with van der Waals surface area (Å²) < 4.78 is 21.0. The normalized spacial score (nSPS) is 18.8. The summed E-state index contributed by atoms with van der Waals surface area (Å²) in [5.41, 5.74) is 0. The molecule has 4 unspecified atom stereocenters. The van der Waals surface area contributed by atoms with Gasteiger partial charge in [0.15, 0.2) is 0 Å². The van der Waals surface area contributed by atoms with E-state index in [0.717, 1.165) is 12.8 Å². The highest BCUT2D eigenvalue weighted by molar-refractivity contribution is 5.82. The van der Waals surface area contributed by atoms with Gasteiger partial charge in [-0.2, -0.15) is 0 Å². The molecule has 0 aromatic carbocycles. The van der Waals surface area contributed by atoms with Gasteiger partial charge in [-0.05, 0) is 25.7 Å². The highest BCUT2D eigenvalue weighted by Gasteiger charge is 2.38. The number of hydrogen-bond donors (Lipinski definition) is 2. The standard InChI is InChI=1S/C24H36O12/c1-3-15(35-21(29)11-9-19(25)26)13-33-23(31)17-7-5-6-8-18(17)24(32)34-14-16(4-2)36-22(30)12-10-20(27)28/h15-18H,3-14H2,1-2H3,(H,25,26)(H,27,28). The summed E-state index contributed by atoms with van der Waals surface area (Å²) in [6.07, 6.45) is 0.252. The molecule has 1 rings (SSSR count). The van der Waals surface area contributed by atoms with Crippen LogP contribution in [-0.4, -0.2) is 71.5 Å². The summed E-state index contributed by atoms with van der Waals surface area (Å²) in [4.78, 5) is 70.1. The summed E-state index contributed by atoms with van der Waals surface area (Å²) >= 11 is 0. The first-order chi connectivity index (χ1) is 17.1. The Hall–Kier alpha value is -3.18. The quantitative estimate of drug-likeness (QED) is 0.226.